The Morgan fingerprint density at radius 2 is 2.21 bits per heavy atom. The van der Waals surface area contributed by atoms with E-state index in [9.17, 15) is 0 Å². The standard InChI is InChI=1S/C14H24N4O/c1-10(2)19-12-7-11(3)16-13(17-12)18-6-5-14(4,8-15)9-18/h7,10H,5-6,8-9,15H2,1-4H3. The second kappa shape index (κ2) is 5.33. The molecule has 2 heterocycles. The Labute approximate surface area is 115 Å². The molecule has 0 aromatic carbocycles. The van der Waals surface area contributed by atoms with E-state index in [0.717, 1.165) is 31.2 Å². The van der Waals surface area contributed by atoms with Crippen LogP contribution in [0.25, 0.3) is 0 Å². The van der Waals surface area contributed by atoms with Gasteiger partial charge in [-0.05, 0) is 39.2 Å². The lowest BCUT2D eigenvalue weighted by Gasteiger charge is -2.23. The lowest BCUT2D eigenvalue weighted by Crippen LogP contribution is -2.32. The van der Waals surface area contributed by atoms with Crippen molar-refractivity contribution in [2.75, 3.05) is 24.5 Å². The Bertz CT molecular complexity index is 449. The molecule has 1 atom stereocenters. The number of aromatic nitrogens is 2. The zero-order valence-electron chi connectivity index (χ0n) is 12.3. The first kappa shape index (κ1) is 14.1. The topological polar surface area (TPSA) is 64.3 Å². The van der Waals surface area contributed by atoms with Crippen molar-refractivity contribution >= 4 is 5.95 Å². The van der Waals surface area contributed by atoms with Gasteiger partial charge in [0.1, 0.15) is 0 Å². The second-order valence-corrected chi connectivity index (χ2v) is 6.00. The van der Waals surface area contributed by atoms with Crippen LogP contribution < -0.4 is 15.4 Å². The Hall–Kier alpha value is -1.36. The highest BCUT2D eigenvalue weighted by atomic mass is 16.5. The van der Waals surface area contributed by atoms with Crippen LogP contribution in [-0.4, -0.2) is 35.7 Å². The number of nitrogens with two attached hydrogens (primary N) is 1. The molecule has 1 fully saturated rings. The predicted molar refractivity (Wildman–Crippen MR) is 76.5 cm³/mol. The molecule has 1 aliphatic rings. The number of ether oxygens (including phenoxy) is 1. The fourth-order valence-electron chi connectivity index (χ4n) is 2.33. The van der Waals surface area contributed by atoms with E-state index in [-0.39, 0.29) is 11.5 Å². The first-order chi connectivity index (χ1) is 8.92. The van der Waals surface area contributed by atoms with Crippen molar-refractivity contribution in [2.45, 2.75) is 40.2 Å². The molecule has 0 amide bonds. The third-order valence-corrected chi connectivity index (χ3v) is 3.51. The van der Waals surface area contributed by atoms with Gasteiger partial charge in [-0.1, -0.05) is 6.92 Å². The van der Waals surface area contributed by atoms with Gasteiger partial charge in [0.25, 0.3) is 0 Å². The molecule has 0 spiro atoms. The van der Waals surface area contributed by atoms with Gasteiger partial charge in [-0.25, -0.2) is 4.98 Å². The summed E-state index contributed by atoms with van der Waals surface area (Å²) in [7, 11) is 0. The van der Waals surface area contributed by atoms with Gasteiger partial charge >= 0.3 is 0 Å². The summed E-state index contributed by atoms with van der Waals surface area (Å²) in [6.45, 7) is 10.7. The largest absolute Gasteiger partial charge is 0.475 e. The van der Waals surface area contributed by atoms with Crippen LogP contribution in [0, 0.1) is 12.3 Å². The van der Waals surface area contributed by atoms with E-state index >= 15 is 0 Å². The summed E-state index contributed by atoms with van der Waals surface area (Å²) in [6, 6.07) is 1.88. The Kier molecular flexibility index (Phi) is 3.94. The molecule has 2 rings (SSSR count). The Morgan fingerprint density at radius 1 is 1.47 bits per heavy atom. The smallest absolute Gasteiger partial charge is 0.228 e. The van der Waals surface area contributed by atoms with Crippen LogP contribution in [0.3, 0.4) is 0 Å². The maximum absolute atomic E-state index is 5.84. The number of anilines is 1. The third kappa shape index (κ3) is 3.35. The SMILES string of the molecule is Cc1cc(OC(C)C)nc(N2CCC(C)(CN)C2)n1. The lowest BCUT2D eigenvalue weighted by atomic mass is 9.90. The summed E-state index contributed by atoms with van der Waals surface area (Å²) in [5.41, 5.74) is 6.95. The Morgan fingerprint density at radius 3 is 2.79 bits per heavy atom. The predicted octanol–water partition coefficient (Wildman–Crippen LogP) is 1.75. The quantitative estimate of drug-likeness (QED) is 0.897. The van der Waals surface area contributed by atoms with Crippen LogP contribution in [0.2, 0.25) is 0 Å². The average Bonchev–Trinajstić information content (AvgIpc) is 2.71. The Balaban J connectivity index is 2.19. The van der Waals surface area contributed by atoms with E-state index in [1.54, 1.807) is 0 Å². The molecule has 1 aromatic rings. The first-order valence-corrected chi connectivity index (χ1v) is 6.89. The minimum absolute atomic E-state index is 0.120. The summed E-state index contributed by atoms with van der Waals surface area (Å²) in [5.74, 6) is 1.41. The number of hydrogen-bond acceptors (Lipinski definition) is 5. The molecule has 1 saturated heterocycles. The number of hydrogen-bond donors (Lipinski definition) is 1. The molecule has 2 N–H and O–H groups in total. The number of rotatable bonds is 4. The maximum atomic E-state index is 5.84. The normalized spacial score (nSPS) is 23.2. The molecule has 1 unspecified atom stereocenters. The lowest BCUT2D eigenvalue weighted by molar-refractivity contribution is 0.232. The van der Waals surface area contributed by atoms with Crippen molar-refractivity contribution in [2.24, 2.45) is 11.1 Å². The van der Waals surface area contributed by atoms with Crippen LogP contribution in [0.4, 0.5) is 5.95 Å². The van der Waals surface area contributed by atoms with E-state index in [2.05, 4.69) is 21.8 Å². The zero-order valence-corrected chi connectivity index (χ0v) is 12.3. The fraction of sp³-hybridized carbons (Fsp3) is 0.714. The van der Waals surface area contributed by atoms with Crippen LogP contribution in [0.1, 0.15) is 32.9 Å². The molecule has 19 heavy (non-hydrogen) atoms. The van der Waals surface area contributed by atoms with Gasteiger partial charge in [0.15, 0.2) is 0 Å². The van der Waals surface area contributed by atoms with Crippen molar-refractivity contribution in [3.8, 4) is 5.88 Å². The molecule has 0 saturated carbocycles. The summed E-state index contributed by atoms with van der Waals surface area (Å²) >= 11 is 0. The van der Waals surface area contributed by atoms with E-state index in [4.69, 9.17) is 10.5 Å². The highest BCUT2D eigenvalue weighted by Crippen LogP contribution is 2.31. The van der Waals surface area contributed by atoms with Gasteiger partial charge in [0.05, 0.1) is 6.10 Å². The summed E-state index contributed by atoms with van der Waals surface area (Å²) in [4.78, 5) is 11.2. The van der Waals surface area contributed by atoms with Crippen LogP contribution >= 0.6 is 0 Å². The van der Waals surface area contributed by atoms with E-state index in [1.165, 1.54) is 0 Å². The zero-order chi connectivity index (χ0) is 14.0. The first-order valence-electron chi connectivity index (χ1n) is 6.89. The second-order valence-electron chi connectivity index (χ2n) is 6.00. The highest BCUT2D eigenvalue weighted by Gasteiger charge is 2.33. The maximum Gasteiger partial charge on any atom is 0.228 e. The van der Waals surface area contributed by atoms with E-state index < -0.39 is 0 Å². The van der Waals surface area contributed by atoms with Crippen molar-refractivity contribution in [3.63, 3.8) is 0 Å². The van der Waals surface area contributed by atoms with Crippen LogP contribution in [0.15, 0.2) is 6.07 Å². The van der Waals surface area contributed by atoms with Crippen LogP contribution in [0.5, 0.6) is 5.88 Å². The minimum Gasteiger partial charge on any atom is -0.475 e. The van der Waals surface area contributed by atoms with Gasteiger partial charge in [0, 0.05) is 24.8 Å². The van der Waals surface area contributed by atoms with Crippen molar-refractivity contribution in [3.05, 3.63) is 11.8 Å². The van der Waals surface area contributed by atoms with Crippen molar-refractivity contribution < 1.29 is 4.74 Å². The number of nitrogens with zero attached hydrogens (tertiary/aromatic N) is 3. The molecule has 106 valence electrons. The minimum atomic E-state index is 0.120. The highest BCUT2D eigenvalue weighted by molar-refractivity contribution is 5.36. The molecule has 1 aliphatic heterocycles. The molecule has 0 radical (unpaired) electrons. The van der Waals surface area contributed by atoms with E-state index in [1.807, 2.05) is 26.8 Å². The third-order valence-electron chi connectivity index (χ3n) is 3.51. The fourth-order valence-corrected chi connectivity index (χ4v) is 2.33. The van der Waals surface area contributed by atoms with Crippen molar-refractivity contribution in [1.29, 1.82) is 0 Å². The molecule has 5 nitrogen and oxygen atoms in total. The van der Waals surface area contributed by atoms with Gasteiger partial charge in [-0.3, -0.25) is 0 Å². The molecule has 0 bridgehead atoms. The molecule has 1 aromatic heterocycles. The van der Waals surface area contributed by atoms with Gasteiger partial charge in [-0.2, -0.15) is 4.98 Å². The summed E-state index contributed by atoms with van der Waals surface area (Å²) in [5, 5.41) is 0. The van der Waals surface area contributed by atoms with Gasteiger partial charge in [-0.15, -0.1) is 0 Å². The summed E-state index contributed by atoms with van der Waals surface area (Å²) in [6.07, 6.45) is 1.20. The molecule has 0 aliphatic carbocycles. The molecular formula is C14H24N4O. The van der Waals surface area contributed by atoms with Crippen molar-refractivity contribution in [1.82, 2.24) is 9.97 Å². The average molecular weight is 264 g/mol. The summed E-state index contributed by atoms with van der Waals surface area (Å²) < 4.78 is 5.67. The molecule has 5 heteroatoms. The van der Waals surface area contributed by atoms with Crippen LogP contribution in [-0.2, 0) is 0 Å². The van der Waals surface area contributed by atoms with Gasteiger partial charge < -0.3 is 15.4 Å². The monoisotopic (exact) mass is 264 g/mol. The molecular weight excluding hydrogens is 240 g/mol. The van der Waals surface area contributed by atoms with Gasteiger partial charge in [0.2, 0.25) is 11.8 Å². The number of aryl methyl sites for hydroxylation is 1. The van der Waals surface area contributed by atoms with E-state index in [0.29, 0.717) is 12.4 Å².